The topological polar surface area (TPSA) is 37.8 Å². The average molecular weight is 412 g/mol. The van der Waals surface area contributed by atoms with Crippen LogP contribution in [-0.2, 0) is 0 Å². The van der Waals surface area contributed by atoms with Gasteiger partial charge in [0.1, 0.15) is 16.1 Å². The van der Waals surface area contributed by atoms with E-state index >= 15 is 0 Å². The van der Waals surface area contributed by atoms with Crippen LogP contribution in [0.1, 0.15) is 16.6 Å². The first kappa shape index (κ1) is 18.0. The summed E-state index contributed by atoms with van der Waals surface area (Å²) in [6, 6.07) is 25.6. The molecule has 0 fully saturated rings. The monoisotopic (exact) mass is 411 g/mol. The molecular formula is C21H15Cl2N3S. The molecular weight excluding hydrogens is 397 g/mol. The summed E-state index contributed by atoms with van der Waals surface area (Å²) in [5, 5.41) is 15.2. The second-order valence-electron chi connectivity index (χ2n) is 5.93. The molecule has 0 radical (unpaired) electrons. The van der Waals surface area contributed by atoms with Gasteiger partial charge in [0, 0.05) is 11.3 Å². The highest BCUT2D eigenvalue weighted by Crippen LogP contribution is 2.34. The van der Waals surface area contributed by atoms with Crippen molar-refractivity contribution < 1.29 is 0 Å². The highest BCUT2D eigenvalue weighted by Gasteiger charge is 2.20. The lowest BCUT2D eigenvalue weighted by Crippen LogP contribution is -2.12. The molecule has 1 atom stereocenters. The van der Waals surface area contributed by atoms with E-state index in [0.29, 0.717) is 10.0 Å². The van der Waals surface area contributed by atoms with Crippen LogP contribution < -0.4 is 5.32 Å². The standard InChI is InChI=1S/C21H15Cl2N3S/c22-17-12-11-16(13-18(17)23)24-19(14-7-3-1-4-8-14)21-26-25-20(27-21)15-9-5-2-6-10-15/h1-13,19,24H. The third kappa shape index (κ3) is 4.14. The van der Waals surface area contributed by atoms with E-state index in [4.69, 9.17) is 23.2 Å². The molecule has 0 aliphatic rings. The van der Waals surface area contributed by atoms with Crippen LogP contribution in [0.15, 0.2) is 78.9 Å². The molecule has 0 saturated heterocycles. The summed E-state index contributed by atoms with van der Waals surface area (Å²) in [4.78, 5) is 0. The summed E-state index contributed by atoms with van der Waals surface area (Å²) in [5.74, 6) is 0. The smallest absolute Gasteiger partial charge is 0.147 e. The SMILES string of the molecule is Clc1ccc(NC(c2ccccc2)c2nnc(-c3ccccc3)s2)cc1Cl. The van der Waals surface area contributed by atoms with Crippen LogP contribution in [0.4, 0.5) is 5.69 Å². The number of nitrogens with zero attached hydrogens (tertiary/aromatic N) is 2. The number of aromatic nitrogens is 2. The van der Waals surface area contributed by atoms with Crippen molar-refractivity contribution in [3.63, 3.8) is 0 Å². The summed E-state index contributed by atoms with van der Waals surface area (Å²) in [7, 11) is 0. The van der Waals surface area contributed by atoms with Crippen molar-refractivity contribution in [1.82, 2.24) is 10.2 Å². The molecule has 3 nitrogen and oxygen atoms in total. The van der Waals surface area contributed by atoms with Crippen LogP contribution in [0.5, 0.6) is 0 Å². The summed E-state index contributed by atoms with van der Waals surface area (Å²) >= 11 is 13.8. The molecule has 0 saturated carbocycles. The minimum atomic E-state index is -0.140. The van der Waals surface area contributed by atoms with E-state index in [1.165, 1.54) is 0 Å². The molecule has 4 rings (SSSR count). The van der Waals surface area contributed by atoms with Crippen molar-refractivity contribution in [2.45, 2.75) is 6.04 Å². The minimum Gasteiger partial charge on any atom is -0.372 e. The van der Waals surface area contributed by atoms with Gasteiger partial charge in [-0.15, -0.1) is 10.2 Å². The zero-order valence-electron chi connectivity index (χ0n) is 14.1. The Bertz CT molecular complexity index is 1040. The molecule has 3 aromatic carbocycles. The Balaban J connectivity index is 1.70. The Hall–Kier alpha value is -2.40. The maximum atomic E-state index is 6.18. The number of rotatable bonds is 5. The molecule has 134 valence electrons. The van der Waals surface area contributed by atoms with Crippen molar-refractivity contribution in [1.29, 1.82) is 0 Å². The van der Waals surface area contributed by atoms with Crippen molar-refractivity contribution in [2.24, 2.45) is 0 Å². The maximum Gasteiger partial charge on any atom is 0.147 e. The van der Waals surface area contributed by atoms with Gasteiger partial charge in [-0.25, -0.2) is 0 Å². The lowest BCUT2D eigenvalue weighted by atomic mass is 10.1. The summed E-state index contributed by atoms with van der Waals surface area (Å²) in [5.41, 5.74) is 3.02. The number of nitrogens with one attached hydrogen (secondary N) is 1. The van der Waals surface area contributed by atoms with Crippen LogP contribution >= 0.6 is 34.5 Å². The second-order valence-corrected chi connectivity index (χ2v) is 7.75. The van der Waals surface area contributed by atoms with Crippen molar-refractivity contribution in [2.75, 3.05) is 5.32 Å². The van der Waals surface area contributed by atoms with Crippen LogP contribution in [0, 0.1) is 0 Å². The number of hydrogen-bond acceptors (Lipinski definition) is 4. The number of halogens is 2. The van der Waals surface area contributed by atoms with E-state index in [1.807, 2.05) is 60.7 Å². The normalized spacial score (nSPS) is 11.9. The number of hydrogen-bond donors (Lipinski definition) is 1. The zero-order valence-corrected chi connectivity index (χ0v) is 16.5. The molecule has 0 aliphatic heterocycles. The van der Waals surface area contributed by atoms with Gasteiger partial charge in [0.05, 0.1) is 10.0 Å². The quantitative estimate of drug-likeness (QED) is 0.396. The van der Waals surface area contributed by atoms with Gasteiger partial charge in [-0.1, -0.05) is 95.2 Å². The number of anilines is 1. The Morgan fingerprint density at radius 2 is 1.48 bits per heavy atom. The summed E-state index contributed by atoms with van der Waals surface area (Å²) in [6.45, 7) is 0. The lowest BCUT2D eigenvalue weighted by Gasteiger charge is -2.18. The fourth-order valence-electron chi connectivity index (χ4n) is 2.73. The first-order chi connectivity index (χ1) is 13.2. The van der Waals surface area contributed by atoms with Gasteiger partial charge in [-0.05, 0) is 23.8 Å². The highest BCUT2D eigenvalue weighted by molar-refractivity contribution is 7.14. The molecule has 4 aromatic rings. The third-order valence-electron chi connectivity index (χ3n) is 4.07. The van der Waals surface area contributed by atoms with E-state index in [-0.39, 0.29) is 6.04 Å². The average Bonchev–Trinajstić information content (AvgIpc) is 3.20. The number of benzene rings is 3. The fraction of sp³-hybridized carbons (Fsp3) is 0.0476. The first-order valence-electron chi connectivity index (χ1n) is 8.36. The molecule has 0 amide bonds. The molecule has 0 aliphatic carbocycles. The van der Waals surface area contributed by atoms with Gasteiger partial charge in [0.25, 0.3) is 0 Å². The van der Waals surface area contributed by atoms with Crippen molar-refractivity contribution in [3.8, 4) is 10.6 Å². The van der Waals surface area contributed by atoms with Crippen LogP contribution in [0.2, 0.25) is 10.0 Å². The van der Waals surface area contributed by atoms with Gasteiger partial charge in [-0.3, -0.25) is 0 Å². The van der Waals surface area contributed by atoms with Crippen LogP contribution in [-0.4, -0.2) is 10.2 Å². The maximum absolute atomic E-state index is 6.18. The van der Waals surface area contributed by atoms with Crippen LogP contribution in [0.25, 0.3) is 10.6 Å². The summed E-state index contributed by atoms with van der Waals surface area (Å²) < 4.78 is 0. The van der Waals surface area contributed by atoms with Crippen LogP contribution in [0.3, 0.4) is 0 Å². The minimum absolute atomic E-state index is 0.140. The third-order valence-corrected chi connectivity index (χ3v) is 5.85. The Morgan fingerprint density at radius 1 is 0.778 bits per heavy atom. The molecule has 1 heterocycles. The van der Waals surface area contributed by atoms with Gasteiger partial charge >= 0.3 is 0 Å². The molecule has 6 heteroatoms. The van der Waals surface area contributed by atoms with E-state index in [9.17, 15) is 0 Å². The van der Waals surface area contributed by atoms with E-state index < -0.39 is 0 Å². The predicted molar refractivity (Wildman–Crippen MR) is 114 cm³/mol. The highest BCUT2D eigenvalue weighted by atomic mass is 35.5. The van der Waals surface area contributed by atoms with Gasteiger partial charge in [-0.2, -0.15) is 0 Å². The summed E-state index contributed by atoms with van der Waals surface area (Å²) in [6.07, 6.45) is 0. The van der Waals surface area contributed by atoms with E-state index in [0.717, 1.165) is 26.8 Å². The second kappa shape index (κ2) is 8.09. The van der Waals surface area contributed by atoms with Gasteiger partial charge in [0.15, 0.2) is 0 Å². The predicted octanol–water partition coefficient (Wildman–Crippen LogP) is 6.71. The Kier molecular flexibility index (Phi) is 5.39. The van der Waals surface area contributed by atoms with Crippen molar-refractivity contribution in [3.05, 3.63) is 99.5 Å². The van der Waals surface area contributed by atoms with E-state index in [1.54, 1.807) is 17.4 Å². The lowest BCUT2D eigenvalue weighted by molar-refractivity contribution is 0.882. The molecule has 1 aromatic heterocycles. The molecule has 27 heavy (non-hydrogen) atoms. The fourth-order valence-corrected chi connectivity index (χ4v) is 3.96. The molecule has 1 unspecified atom stereocenters. The van der Waals surface area contributed by atoms with Gasteiger partial charge in [0.2, 0.25) is 0 Å². The first-order valence-corrected chi connectivity index (χ1v) is 9.93. The molecule has 0 bridgehead atoms. The zero-order chi connectivity index (χ0) is 18.6. The Morgan fingerprint density at radius 3 is 2.19 bits per heavy atom. The largest absolute Gasteiger partial charge is 0.372 e. The molecule has 0 spiro atoms. The van der Waals surface area contributed by atoms with Crippen molar-refractivity contribution >= 4 is 40.2 Å². The van der Waals surface area contributed by atoms with Gasteiger partial charge < -0.3 is 5.32 Å². The molecule has 1 N–H and O–H groups in total. The Labute approximate surface area is 171 Å². The van der Waals surface area contributed by atoms with E-state index in [2.05, 4.69) is 27.6 Å².